The van der Waals surface area contributed by atoms with Gasteiger partial charge in [-0.25, -0.2) is 5.43 Å². The fourth-order valence-electron chi connectivity index (χ4n) is 2.80. The first-order valence-electron chi connectivity index (χ1n) is 10.3. The minimum atomic E-state index is -0.460. The van der Waals surface area contributed by atoms with Crippen molar-refractivity contribution >= 4 is 46.9 Å². The maximum Gasteiger partial charge on any atom is 0.277 e. The summed E-state index contributed by atoms with van der Waals surface area (Å²) in [5.74, 6) is 0.107. The quantitative estimate of drug-likeness (QED) is 0.314. The number of benzene rings is 3. The highest BCUT2D eigenvalue weighted by molar-refractivity contribution is 6.35. The molecule has 176 valence electrons. The molecule has 2 N–H and O–H groups in total. The number of carbonyl (C=O) groups excluding carboxylic acids is 2. The molecule has 0 saturated heterocycles. The van der Waals surface area contributed by atoms with Crippen molar-refractivity contribution in [3.8, 4) is 11.5 Å². The van der Waals surface area contributed by atoms with Crippen LogP contribution in [0.25, 0.3) is 0 Å². The van der Waals surface area contributed by atoms with Crippen LogP contribution in [-0.4, -0.2) is 31.2 Å². The highest BCUT2D eigenvalue weighted by Crippen LogP contribution is 2.27. The standard InChI is InChI=1S/C25H23Cl2N3O4/c1-16-6-8-20(10-17(16)2)29-24(31)14-33-21-5-3-4-18(11-21)13-28-30-25(32)15-34-23-9-7-19(26)12-22(23)27/h3-13H,14-15H2,1-2H3,(H,29,31)(H,30,32)/b28-13+. The van der Waals surface area contributed by atoms with Gasteiger partial charge in [-0.2, -0.15) is 5.10 Å². The summed E-state index contributed by atoms with van der Waals surface area (Å²) in [5.41, 5.74) is 6.01. The van der Waals surface area contributed by atoms with E-state index in [1.54, 1.807) is 36.4 Å². The van der Waals surface area contributed by atoms with Crippen molar-refractivity contribution < 1.29 is 19.1 Å². The molecule has 0 fully saturated rings. The number of nitrogens with one attached hydrogen (secondary N) is 2. The molecule has 3 aromatic carbocycles. The molecular formula is C25H23Cl2N3O4. The van der Waals surface area contributed by atoms with Gasteiger partial charge in [-0.3, -0.25) is 9.59 Å². The van der Waals surface area contributed by atoms with Crippen LogP contribution in [0.2, 0.25) is 10.0 Å². The van der Waals surface area contributed by atoms with E-state index in [9.17, 15) is 9.59 Å². The van der Waals surface area contributed by atoms with Crippen LogP contribution in [0, 0.1) is 13.8 Å². The monoisotopic (exact) mass is 499 g/mol. The van der Waals surface area contributed by atoms with Gasteiger partial charge in [0, 0.05) is 10.7 Å². The second kappa shape index (κ2) is 12.1. The number of hydrogen-bond acceptors (Lipinski definition) is 5. The second-order valence-corrected chi connectivity index (χ2v) is 8.21. The fourth-order valence-corrected chi connectivity index (χ4v) is 3.26. The number of hydrazone groups is 1. The third-order valence-electron chi connectivity index (χ3n) is 4.67. The van der Waals surface area contributed by atoms with E-state index in [4.69, 9.17) is 32.7 Å². The first-order valence-corrected chi connectivity index (χ1v) is 11.1. The Morgan fingerprint density at radius 2 is 1.71 bits per heavy atom. The molecule has 0 aliphatic rings. The van der Waals surface area contributed by atoms with Gasteiger partial charge in [0.05, 0.1) is 11.2 Å². The van der Waals surface area contributed by atoms with Crippen molar-refractivity contribution in [2.45, 2.75) is 13.8 Å². The van der Waals surface area contributed by atoms with Gasteiger partial charge in [0.2, 0.25) is 0 Å². The first-order chi connectivity index (χ1) is 16.3. The van der Waals surface area contributed by atoms with Crippen molar-refractivity contribution in [2.24, 2.45) is 5.10 Å². The number of rotatable bonds is 9. The molecule has 0 heterocycles. The minimum absolute atomic E-state index is 0.144. The van der Waals surface area contributed by atoms with Gasteiger partial charge in [0.25, 0.3) is 11.8 Å². The Morgan fingerprint density at radius 1 is 0.912 bits per heavy atom. The maximum atomic E-state index is 12.2. The molecule has 0 unspecified atom stereocenters. The smallest absolute Gasteiger partial charge is 0.277 e. The van der Waals surface area contributed by atoms with Gasteiger partial charge in [0.15, 0.2) is 13.2 Å². The molecule has 0 aliphatic heterocycles. The Labute approximate surface area is 207 Å². The molecule has 0 atom stereocenters. The van der Waals surface area contributed by atoms with E-state index in [-0.39, 0.29) is 19.1 Å². The van der Waals surface area contributed by atoms with Crippen LogP contribution in [0.3, 0.4) is 0 Å². The number of ether oxygens (including phenoxy) is 2. The van der Waals surface area contributed by atoms with Crippen molar-refractivity contribution in [3.05, 3.63) is 87.4 Å². The van der Waals surface area contributed by atoms with Crippen LogP contribution < -0.4 is 20.2 Å². The summed E-state index contributed by atoms with van der Waals surface area (Å²) in [4.78, 5) is 24.1. The Kier molecular flexibility index (Phi) is 8.90. The SMILES string of the molecule is Cc1ccc(NC(=O)COc2cccc(/C=N/NC(=O)COc3ccc(Cl)cc3Cl)c2)cc1C. The van der Waals surface area contributed by atoms with Gasteiger partial charge in [-0.1, -0.05) is 41.4 Å². The van der Waals surface area contributed by atoms with Crippen molar-refractivity contribution in [2.75, 3.05) is 18.5 Å². The predicted octanol–water partition coefficient (Wildman–Crippen LogP) is 5.16. The highest BCUT2D eigenvalue weighted by atomic mass is 35.5. The summed E-state index contributed by atoms with van der Waals surface area (Å²) in [7, 11) is 0. The van der Waals surface area contributed by atoms with Crippen molar-refractivity contribution in [3.63, 3.8) is 0 Å². The highest BCUT2D eigenvalue weighted by Gasteiger charge is 2.07. The van der Waals surface area contributed by atoms with E-state index in [1.165, 1.54) is 12.3 Å². The van der Waals surface area contributed by atoms with Crippen LogP contribution in [0.4, 0.5) is 5.69 Å². The average Bonchev–Trinajstić information content (AvgIpc) is 2.80. The predicted molar refractivity (Wildman–Crippen MR) is 134 cm³/mol. The number of carbonyl (C=O) groups is 2. The van der Waals surface area contributed by atoms with E-state index in [1.807, 2.05) is 32.0 Å². The summed E-state index contributed by atoms with van der Waals surface area (Å²) < 4.78 is 10.9. The van der Waals surface area contributed by atoms with Crippen LogP contribution in [0.15, 0.2) is 65.8 Å². The van der Waals surface area contributed by atoms with Crippen LogP contribution in [0.5, 0.6) is 11.5 Å². The number of nitrogens with zero attached hydrogens (tertiary/aromatic N) is 1. The summed E-state index contributed by atoms with van der Waals surface area (Å²) >= 11 is 11.8. The van der Waals surface area contributed by atoms with Crippen molar-refractivity contribution in [1.82, 2.24) is 5.43 Å². The molecule has 0 saturated carbocycles. The largest absolute Gasteiger partial charge is 0.484 e. The van der Waals surface area contributed by atoms with Gasteiger partial charge in [-0.05, 0) is 73.0 Å². The molecule has 9 heteroatoms. The molecule has 0 radical (unpaired) electrons. The average molecular weight is 500 g/mol. The molecule has 3 aromatic rings. The zero-order chi connectivity index (χ0) is 24.5. The molecule has 0 aliphatic carbocycles. The number of aryl methyl sites for hydroxylation is 2. The summed E-state index contributed by atoms with van der Waals surface area (Å²) in [6.07, 6.45) is 1.45. The molecule has 7 nitrogen and oxygen atoms in total. The van der Waals surface area contributed by atoms with E-state index in [0.29, 0.717) is 27.1 Å². The lowest BCUT2D eigenvalue weighted by atomic mass is 10.1. The lowest BCUT2D eigenvalue weighted by Crippen LogP contribution is -2.24. The first kappa shape index (κ1) is 25.1. The Balaban J connectivity index is 1.45. The lowest BCUT2D eigenvalue weighted by molar-refractivity contribution is -0.123. The summed E-state index contributed by atoms with van der Waals surface area (Å²) in [6, 6.07) is 17.4. The molecule has 0 bridgehead atoms. The van der Waals surface area contributed by atoms with E-state index in [0.717, 1.165) is 16.8 Å². The third kappa shape index (κ3) is 7.79. The van der Waals surface area contributed by atoms with Crippen molar-refractivity contribution in [1.29, 1.82) is 0 Å². The lowest BCUT2D eigenvalue weighted by Gasteiger charge is -2.09. The maximum absolute atomic E-state index is 12.2. The summed E-state index contributed by atoms with van der Waals surface area (Å²) in [5, 5.41) is 7.49. The van der Waals surface area contributed by atoms with E-state index >= 15 is 0 Å². The van der Waals surface area contributed by atoms with Crippen LogP contribution >= 0.6 is 23.2 Å². The molecule has 0 spiro atoms. The van der Waals surface area contributed by atoms with Crippen LogP contribution in [-0.2, 0) is 9.59 Å². The topological polar surface area (TPSA) is 89.0 Å². The molecular weight excluding hydrogens is 477 g/mol. The summed E-state index contributed by atoms with van der Waals surface area (Å²) in [6.45, 7) is 3.59. The molecule has 2 amide bonds. The number of hydrogen-bond donors (Lipinski definition) is 2. The van der Waals surface area contributed by atoms with Crippen LogP contribution in [0.1, 0.15) is 16.7 Å². The number of anilines is 1. The van der Waals surface area contributed by atoms with E-state index in [2.05, 4.69) is 15.8 Å². The third-order valence-corrected chi connectivity index (χ3v) is 5.20. The molecule has 0 aromatic heterocycles. The molecule has 3 rings (SSSR count). The Hall–Kier alpha value is -3.55. The minimum Gasteiger partial charge on any atom is -0.484 e. The Bertz CT molecular complexity index is 1210. The van der Waals surface area contributed by atoms with Gasteiger partial charge in [-0.15, -0.1) is 0 Å². The zero-order valence-corrected chi connectivity index (χ0v) is 20.1. The fraction of sp³-hybridized carbons (Fsp3) is 0.160. The number of amides is 2. The molecule has 34 heavy (non-hydrogen) atoms. The number of halogens is 2. The van der Waals surface area contributed by atoms with Gasteiger partial charge >= 0.3 is 0 Å². The normalized spacial score (nSPS) is 10.7. The van der Waals surface area contributed by atoms with Gasteiger partial charge < -0.3 is 14.8 Å². The Morgan fingerprint density at radius 3 is 2.47 bits per heavy atom. The second-order valence-electron chi connectivity index (χ2n) is 7.36. The zero-order valence-electron chi connectivity index (χ0n) is 18.6. The van der Waals surface area contributed by atoms with Gasteiger partial charge in [0.1, 0.15) is 11.5 Å². The van der Waals surface area contributed by atoms with E-state index < -0.39 is 5.91 Å².